The van der Waals surface area contributed by atoms with E-state index in [4.69, 9.17) is 9.84 Å². The Labute approximate surface area is 86.8 Å². The monoisotopic (exact) mass is 206 g/mol. The molecular weight excluding hydrogens is 196 g/mol. The summed E-state index contributed by atoms with van der Waals surface area (Å²) in [4.78, 5) is 21.1. The van der Waals surface area contributed by atoms with Crippen molar-refractivity contribution in [3.8, 4) is 5.75 Å². The van der Waals surface area contributed by atoms with Gasteiger partial charge in [-0.1, -0.05) is 18.2 Å². The first kappa shape index (κ1) is 11.0. The summed E-state index contributed by atoms with van der Waals surface area (Å²) in [6.45, 7) is 1.29. The highest BCUT2D eigenvalue weighted by Crippen LogP contribution is 2.19. The quantitative estimate of drug-likeness (QED) is 0.464. The molecule has 1 rings (SSSR count). The fourth-order valence-corrected chi connectivity index (χ4v) is 1.03. The molecule has 0 saturated carbocycles. The van der Waals surface area contributed by atoms with Crippen molar-refractivity contribution in [3.05, 3.63) is 35.9 Å². The molecule has 0 aliphatic rings. The van der Waals surface area contributed by atoms with Gasteiger partial charge >= 0.3 is 11.9 Å². The second-order valence-corrected chi connectivity index (χ2v) is 2.80. The SMILES string of the molecule is CC(=O)Oc1ccccc1/C=C\C(=O)O. The van der Waals surface area contributed by atoms with E-state index in [-0.39, 0.29) is 0 Å². The number of esters is 1. The Kier molecular flexibility index (Phi) is 3.62. The van der Waals surface area contributed by atoms with Crippen molar-refractivity contribution < 1.29 is 19.4 Å². The summed E-state index contributed by atoms with van der Waals surface area (Å²) in [5.74, 6) is -1.14. The number of benzene rings is 1. The number of para-hydroxylation sites is 1. The number of carboxylic acids is 1. The normalized spacial score (nSPS) is 10.2. The second kappa shape index (κ2) is 4.95. The van der Waals surface area contributed by atoms with E-state index in [0.717, 1.165) is 6.08 Å². The van der Waals surface area contributed by atoms with Gasteiger partial charge in [-0.25, -0.2) is 4.79 Å². The number of ether oxygens (including phenoxy) is 1. The molecule has 0 bridgehead atoms. The summed E-state index contributed by atoms with van der Waals surface area (Å²) in [6.07, 6.45) is 2.36. The highest BCUT2D eigenvalue weighted by atomic mass is 16.5. The van der Waals surface area contributed by atoms with Gasteiger partial charge < -0.3 is 9.84 Å². The van der Waals surface area contributed by atoms with Gasteiger partial charge in [0.2, 0.25) is 0 Å². The maximum absolute atomic E-state index is 10.7. The van der Waals surface area contributed by atoms with E-state index in [1.807, 2.05) is 0 Å². The molecule has 0 aromatic heterocycles. The lowest BCUT2D eigenvalue weighted by molar-refractivity contribution is -0.132. The molecule has 0 aliphatic carbocycles. The molecule has 0 aliphatic heterocycles. The molecule has 0 saturated heterocycles. The molecule has 0 radical (unpaired) electrons. The largest absolute Gasteiger partial charge is 0.478 e. The molecular formula is C11H10O4. The van der Waals surface area contributed by atoms with Crippen LogP contribution in [0.15, 0.2) is 30.3 Å². The van der Waals surface area contributed by atoms with Gasteiger partial charge in [-0.05, 0) is 12.1 Å². The van der Waals surface area contributed by atoms with E-state index in [2.05, 4.69) is 0 Å². The number of rotatable bonds is 3. The number of hydrogen-bond acceptors (Lipinski definition) is 3. The van der Waals surface area contributed by atoms with Crippen LogP contribution in [0.5, 0.6) is 5.75 Å². The van der Waals surface area contributed by atoms with Crippen molar-refractivity contribution in [2.24, 2.45) is 0 Å². The van der Waals surface area contributed by atoms with E-state index in [9.17, 15) is 9.59 Å². The van der Waals surface area contributed by atoms with Crippen LogP contribution in [0, 0.1) is 0 Å². The van der Waals surface area contributed by atoms with Gasteiger partial charge in [-0.3, -0.25) is 4.79 Å². The predicted molar refractivity (Wildman–Crippen MR) is 54.4 cm³/mol. The number of carbonyl (C=O) groups is 2. The molecule has 1 aromatic carbocycles. The van der Waals surface area contributed by atoms with Gasteiger partial charge in [0.15, 0.2) is 0 Å². The summed E-state index contributed by atoms with van der Waals surface area (Å²) in [6, 6.07) is 6.70. The third kappa shape index (κ3) is 3.64. The van der Waals surface area contributed by atoms with Crippen LogP contribution < -0.4 is 4.74 Å². The minimum atomic E-state index is -1.05. The number of aliphatic carboxylic acids is 1. The lowest BCUT2D eigenvalue weighted by Crippen LogP contribution is -2.02. The van der Waals surface area contributed by atoms with Gasteiger partial charge in [0, 0.05) is 18.6 Å². The highest BCUT2D eigenvalue weighted by Gasteiger charge is 2.02. The zero-order chi connectivity index (χ0) is 11.3. The Balaban J connectivity index is 2.95. The summed E-state index contributed by atoms with van der Waals surface area (Å²) in [5.41, 5.74) is 0.551. The molecule has 0 fully saturated rings. The van der Waals surface area contributed by atoms with E-state index in [1.54, 1.807) is 24.3 Å². The van der Waals surface area contributed by atoms with Crippen molar-refractivity contribution in [1.29, 1.82) is 0 Å². The van der Waals surface area contributed by atoms with Gasteiger partial charge in [0.1, 0.15) is 5.75 Å². The first-order valence-electron chi connectivity index (χ1n) is 4.28. The molecule has 4 nitrogen and oxygen atoms in total. The maximum Gasteiger partial charge on any atom is 0.328 e. The average molecular weight is 206 g/mol. The van der Waals surface area contributed by atoms with Crippen LogP contribution in [-0.4, -0.2) is 17.0 Å². The Bertz CT molecular complexity index is 407. The fourth-order valence-electron chi connectivity index (χ4n) is 1.03. The molecule has 0 heterocycles. The summed E-state index contributed by atoms with van der Waals surface area (Å²) in [5, 5.41) is 8.45. The van der Waals surface area contributed by atoms with E-state index >= 15 is 0 Å². The third-order valence-electron chi connectivity index (χ3n) is 1.58. The van der Waals surface area contributed by atoms with Crippen LogP contribution in [0.4, 0.5) is 0 Å². The minimum absolute atomic E-state index is 0.350. The molecule has 4 heteroatoms. The first-order chi connectivity index (χ1) is 7.09. The zero-order valence-corrected chi connectivity index (χ0v) is 8.14. The van der Waals surface area contributed by atoms with E-state index in [1.165, 1.54) is 13.0 Å². The van der Waals surface area contributed by atoms with Crippen LogP contribution in [0.3, 0.4) is 0 Å². The average Bonchev–Trinajstić information content (AvgIpc) is 2.15. The Morgan fingerprint density at radius 2 is 2.00 bits per heavy atom. The summed E-state index contributed by atoms with van der Waals surface area (Å²) >= 11 is 0. The number of carboxylic acid groups (broad SMARTS) is 1. The maximum atomic E-state index is 10.7. The molecule has 1 N–H and O–H groups in total. The minimum Gasteiger partial charge on any atom is -0.478 e. The van der Waals surface area contributed by atoms with Crippen LogP contribution in [0.25, 0.3) is 6.08 Å². The topological polar surface area (TPSA) is 63.6 Å². The number of hydrogen-bond donors (Lipinski definition) is 1. The fraction of sp³-hybridized carbons (Fsp3) is 0.0909. The molecule has 78 valence electrons. The van der Waals surface area contributed by atoms with Gasteiger partial charge in [0.05, 0.1) is 0 Å². The van der Waals surface area contributed by atoms with Gasteiger partial charge in [0.25, 0.3) is 0 Å². The van der Waals surface area contributed by atoms with Crippen molar-refractivity contribution in [3.63, 3.8) is 0 Å². The second-order valence-electron chi connectivity index (χ2n) is 2.80. The Morgan fingerprint density at radius 1 is 1.33 bits per heavy atom. The first-order valence-corrected chi connectivity index (χ1v) is 4.28. The van der Waals surface area contributed by atoms with E-state index < -0.39 is 11.9 Å². The van der Waals surface area contributed by atoms with E-state index in [0.29, 0.717) is 11.3 Å². The predicted octanol–water partition coefficient (Wildman–Crippen LogP) is 1.71. The molecule has 0 unspecified atom stereocenters. The molecule has 0 spiro atoms. The van der Waals surface area contributed by atoms with Crippen LogP contribution in [-0.2, 0) is 9.59 Å². The highest BCUT2D eigenvalue weighted by molar-refractivity contribution is 5.86. The standard InChI is InChI=1S/C11H10O4/c1-8(12)15-10-5-3-2-4-9(10)6-7-11(13)14/h2-7H,1H3,(H,13,14)/b7-6-. The van der Waals surface area contributed by atoms with Gasteiger partial charge in [-0.2, -0.15) is 0 Å². The lowest BCUT2D eigenvalue weighted by Gasteiger charge is -2.04. The third-order valence-corrected chi connectivity index (χ3v) is 1.58. The van der Waals surface area contributed by atoms with Crippen LogP contribution in [0.1, 0.15) is 12.5 Å². The van der Waals surface area contributed by atoms with Crippen molar-refractivity contribution in [2.75, 3.05) is 0 Å². The van der Waals surface area contributed by atoms with Crippen molar-refractivity contribution in [2.45, 2.75) is 6.92 Å². The van der Waals surface area contributed by atoms with Crippen LogP contribution in [0.2, 0.25) is 0 Å². The van der Waals surface area contributed by atoms with Crippen LogP contribution >= 0.6 is 0 Å². The summed E-state index contributed by atoms with van der Waals surface area (Å²) < 4.78 is 4.89. The van der Waals surface area contributed by atoms with Gasteiger partial charge in [-0.15, -0.1) is 0 Å². The molecule has 0 amide bonds. The van der Waals surface area contributed by atoms with Crippen molar-refractivity contribution in [1.82, 2.24) is 0 Å². The smallest absolute Gasteiger partial charge is 0.328 e. The lowest BCUT2D eigenvalue weighted by atomic mass is 10.2. The Hall–Kier alpha value is -2.10. The molecule has 1 aromatic rings. The zero-order valence-electron chi connectivity index (χ0n) is 8.14. The molecule has 0 atom stereocenters. The van der Waals surface area contributed by atoms with Crippen molar-refractivity contribution >= 4 is 18.0 Å². The number of carbonyl (C=O) groups excluding carboxylic acids is 1. The molecule has 15 heavy (non-hydrogen) atoms. The Morgan fingerprint density at radius 3 is 2.60 bits per heavy atom. The summed E-state index contributed by atoms with van der Waals surface area (Å²) in [7, 11) is 0.